The van der Waals surface area contributed by atoms with Gasteiger partial charge in [0.2, 0.25) is 0 Å². The number of hydrogen-bond donors (Lipinski definition) is 1. The van der Waals surface area contributed by atoms with Crippen LogP contribution in [0, 0.1) is 13.8 Å². The van der Waals surface area contributed by atoms with Crippen LogP contribution in [0.15, 0.2) is 22.7 Å². The molecule has 90 valence electrons. The summed E-state index contributed by atoms with van der Waals surface area (Å²) in [6.07, 6.45) is 0. The summed E-state index contributed by atoms with van der Waals surface area (Å²) in [7, 11) is 1.65. The Labute approximate surface area is 99.8 Å². The third kappa shape index (κ3) is 2.17. The molecule has 0 aliphatic heterocycles. The molecule has 0 fully saturated rings. The Bertz CT molecular complexity index is 531. The van der Waals surface area contributed by atoms with E-state index in [4.69, 9.17) is 14.4 Å². The first-order valence-electron chi connectivity index (χ1n) is 5.37. The molecule has 0 atom stereocenters. The van der Waals surface area contributed by atoms with E-state index in [0.29, 0.717) is 5.76 Å². The molecule has 0 amide bonds. The molecule has 4 nitrogen and oxygen atoms in total. The summed E-state index contributed by atoms with van der Waals surface area (Å²) in [5.74, 6) is 1.32. The molecular weight excluding hydrogens is 218 g/mol. The fourth-order valence-corrected chi connectivity index (χ4v) is 1.80. The van der Waals surface area contributed by atoms with Crippen molar-refractivity contribution in [1.82, 2.24) is 5.16 Å². The zero-order valence-electron chi connectivity index (χ0n) is 10.2. The van der Waals surface area contributed by atoms with Crippen molar-refractivity contribution in [2.75, 3.05) is 7.11 Å². The lowest BCUT2D eigenvalue weighted by Crippen LogP contribution is -1.91. The van der Waals surface area contributed by atoms with Crippen molar-refractivity contribution in [3.63, 3.8) is 0 Å². The molecule has 0 spiro atoms. The average molecular weight is 233 g/mol. The minimum absolute atomic E-state index is 0.138. The maximum Gasteiger partial charge on any atom is 0.162 e. The van der Waals surface area contributed by atoms with Gasteiger partial charge in [0.1, 0.15) is 18.1 Å². The molecule has 17 heavy (non-hydrogen) atoms. The van der Waals surface area contributed by atoms with E-state index in [1.807, 2.05) is 26.0 Å². The van der Waals surface area contributed by atoms with Gasteiger partial charge in [-0.1, -0.05) is 5.16 Å². The lowest BCUT2D eigenvalue weighted by atomic mass is 10.0. The molecule has 0 saturated carbocycles. The van der Waals surface area contributed by atoms with Gasteiger partial charge >= 0.3 is 0 Å². The SMILES string of the molecule is COc1cc(C)c(-c2cc(CO)on2)cc1C. The van der Waals surface area contributed by atoms with Gasteiger partial charge in [0.15, 0.2) is 5.76 Å². The Morgan fingerprint density at radius 2 is 2.00 bits per heavy atom. The number of aromatic nitrogens is 1. The van der Waals surface area contributed by atoms with Gasteiger partial charge in [-0.15, -0.1) is 0 Å². The standard InChI is InChI=1S/C13H15NO3/c1-8-5-13(16-3)9(2)4-11(8)12-6-10(7-15)17-14-12/h4-6,15H,7H2,1-3H3. The highest BCUT2D eigenvalue weighted by molar-refractivity contribution is 5.66. The van der Waals surface area contributed by atoms with Crippen molar-refractivity contribution in [2.24, 2.45) is 0 Å². The van der Waals surface area contributed by atoms with Crippen LogP contribution >= 0.6 is 0 Å². The van der Waals surface area contributed by atoms with E-state index < -0.39 is 0 Å². The number of aliphatic hydroxyl groups excluding tert-OH is 1. The molecular formula is C13H15NO3. The number of aliphatic hydroxyl groups is 1. The normalized spacial score (nSPS) is 10.6. The molecule has 0 aliphatic carbocycles. The van der Waals surface area contributed by atoms with Crippen LogP contribution in [0.25, 0.3) is 11.3 Å². The van der Waals surface area contributed by atoms with Crippen LogP contribution in [0.1, 0.15) is 16.9 Å². The molecule has 0 unspecified atom stereocenters. The van der Waals surface area contributed by atoms with E-state index in [2.05, 4.69) is 5.16 Å². The minimum atomic E-state index is -0.138. The van der Waals surface area contributed by atoms with E-state index in [1.165, 1.54) is 0 Å². The van der Waals surface area contributed by atoms with Gasteiger partial charge in [0.25, 0.3) is 0 Å². The van der Waals surface area contributed by atoms with Gasteiger partial charge in [-0.05, 0) is 37.1 Å². The summed E-state index contributed by atoms with van der Waals surface area (Å²) < 4.78 is 10.2. The van der Waals surface area contributed by atoms with Gasteiger partial charge in [-0.2, -0.15) is 0 Å². The molecule has 0 bridgehead atoms. The van der Waals surface area contributed by atoms with Crippen LogP contribution in [-0.2, 0) is 6.61 Å². The Morgan fingerprint density at radius 3 is 2.59 bits per heavy atom. The van der Waals surface area contributed by atoms with Crippen molar-refractivity contribution in [2.45, 2.75) is 20.5 Å². The molecule has 1 heterocycles. The average Bonchev–Trinajstić information content (AvgIpc) is 2.80. The highest BCUT2D eigenvalue weighted by atomic mass is 16.5. The third-order valence-electron chi connectivity index (χ3n) is 2.73. The largest absolute Gasteiger partial charge is 0.496 e. The van der Waals surface area contributed by atoms with Crippen molar-refractivity contribution in [1.29, 1.82) is 0 Å². The van der Waals surface area contributed by atoms with Gasteiger partial charge in [0, 0.05) is 11.6 Å². The first-order valence-corrected chi connectivity index (χ1v) is 5.37. The van der Waals surface area contributed by atoms with Crippen molar-refractivity contribution in [3.05, 3.63) is 35.1 Å². The Hall–Kier alpha value is -1.81. The number of rotatable bonds is 3. The predicted octanol–water partition coefficient (Wildman–Crippen LogP) is 2.46. The van der Waals surface area contributed by atoms with E-state index >= 15 is 0 Å². The van der Waals surface area contributed by atoms with Gasteiger partial charge in [-0.3, -0.25) is 0 Å². The molecule has 1 aromatic carbocycles. The molecule has 4 heteroatoms. The second-order valence-electron chi connectivity index (χ2n) is 3.97. The smallest absolute Gasteiger partial charge is 0.162 e. The second-order valence-corrected chi connectivity index (χ2v) is 3.97. The lowest BCUT2D eigenvalue weighted by Gasteiger charge is -2.09. The van der Waals surface area contributed by atoms with Gasteiger partial charge in [0.05, 0.1) is 7.11 Å². The van der Waals surface area contributed by atoms with Crippen LogP contribution < -0.4 is 4.74 Å². The summed E-state index contributed by atoms with van der Waals surface area (Å²) in [4.78, 5) is 0. The number of nitrogens with zero attached hydrogens (tertiary/aromatic N) is 1. The summed E-state index contributed by atoms with van der Waals surface area (Å²) >= 11 is 0. The Balaban J connectivity index is 2.48. The molecule has 0 aliphatic rings. The topological polar surface area (TPSA) is 55.5 Å². The summed E-state index contributed by atoms with van der Waals surface area (Å²) in [5, 5.41) is 12.9. The fraction of sp³-hybridized carbons (Fsp3) is 0.308. The maximum absolute atomic E-state index is 8.95. The minimum Gasteiger partial charge on any atom is -0.496 e. The monoisotopic (exact) mass is 233 g/mol. The first kappa shape index (κ1) is 11.7. The zero-order chi connectivity index (χ0) is 12.4. The van der Waals surface area contributed by atoms with E-state index in [9.17, 15) is 0 Å². The molecule has 0 saturated heterocycles. The molecule has 1 N–H and O–H groups in total. The molecule has 2 rings (SSSR count). The summed E-state index contributed by atoms with van der Waals surface area (Å²) in [5.41, 5.74) is 3.83. The van der Waals surface area contributed by atoms with Crippen LogP contribution in [-0.4, -0.2) is 17.4 Å². The lowest BCUT2D eigenvalue weighted by molar-refractivity contribution is 0.229. The highest BCUT2D eigenvalue weighted by Crippen LogP contribution is 2.29. The number of hydrogen-bond acceptors (Lipinski definition) is 4. The van der Waals surface area contributed by atoms with Crippen molar-refractivity contribution < 1.29 is 14.4 Å². The number of methoxy groups -OCH3 is 1. The zero-order valence-corrected chi connectivity index (χ0v) is 10.2. The second kappa shape index (κ2) is 4.59. The van der Waals surface area contributed by atoms with Crippen LogP contribution in [0.3, 0.4) is 0 Å². The van der Waals surface area contributed by atoms with Crippen molar-refractivity contribution >= 4 is 0 Å². The van der Waals surface area contributed by atoms with E-state index in [-0.39, 0.29) is 6.61 Å². The predicted molar refractivity (Wildman–Crippen MR) is 63.9 cm³/mol. The maximum atomic E-state index is 8.95. The molecule has 2 aromatic rings. The van der Waals surface area contributed by atoms with Crippen LogP contribution in [0.4, 0.5) is 0 Å². The Morgan fingerprint density at radius 1 is 1.24 bits per heavy atom. The molecule has 0 radical (unpaired) electrons. The third-order valence-corrected chi connectivity index (χ3v) is 2.73. The van der Waals surface area contributed by atoms with Crippen LogP contribution in [0.5, 0.6) is 5.75 Å². The Kier molecular flexibility index (Phi) is 3.15. The quantitative estimate of drug-likeness (QED) is 0.884. The summed E-state index contributed by atoms with van der Waals surface area (Å²) in [6, 6.07) is 5.72. The number of benzene rings is 1. The van der Waals surface area contributed by atoms with Crippen LogP contribution in [0.2, 0.25) is 0 Å². The summed E-state index contributed by atoms with van der Waals surface area (Å²) in [6.45, 7) is 3.83. The van der Waals surface area contributed by atoms with Gasteiger partial charge in [-0.25, -0.2) is 0 Å². The van der Waals surface area contributed by atoms with E-state index in [1.54, 1.807) is 13.2 Å². The highest BCUT2D eigenvalue weighted by Gasteiger charge is 2.11. The number of ether oxygens (including phenoxy) is 1. The van der Waals surface area contributed by atoms with Gasteiger partial charge < -0.3 is 14.4 Å². The van der Waals surface area contributed by atoms with Crippen molar-refractivity contribution in [3.8, 4) is 17.0 Å². The first-order chi connectivity index (χ1) is 8.15. The van der Waals surface area contributed by atoms with E-state index in [0.717, 1.165) is 28.1 Å². The number of aryl methyl sites for hydroxylation is 2. The fourth-order valence-electron chi connectivity index (χ4n) is 1.80. The molecule has 1 aromatic heterocycles.